The molecule has 100 valence electrons. The second kappa shape index (κ2) is 4.61. The van der Waals surface area contributed by atoms with Crippen LogP contribution in [0.1, 0.15) is 10.4 Å². The fourth-order valence-electron chi connectivity index (χ4n) is 1.87. The van der Waals surface area contributed by atoms with Crippen LogP contribution in [0.25, 0.3) is 22.6 Å². The Labute approximate surface area is 117 Å². The molecule has 1 heterocycles. The van der Waals surface area contributed by atoms with Gasteiger partial charge in [0.2, 0.25) is 5.89 Å². The monoisotopic (exact) mass is 291 g/mol. The van der Waals surface area contributed by atoms with Crippen LogP contribution in [0.5, 0.6) is 0 Å². The number of para-hydroxylation sites is 1. The van der Waals surface area contributed by atoms with Gasteiger partial charge in [0.05, 0.1) is 10.6 Å². The number of hydrogen-bond acceptors (Lipinski definition) is 3. The zero-order chi connectivity index (χ0) is 14.3. The lowest BCUT2D eigenvalue weighted by atomic mass is 10.2. The topological polar surface area (TPSA) is 63.3 Å². The second-order valence-electron chi connectivity index (χ2n) is 4.11. The number of nitrogens with zero attached hydrogens (tertiary/aromatic N) is 1. The summed E-state index contributed by atoms with van der Waals surface area (Å²) in [4.78, 5) is 15.3. The molecule has 3 rings (SSSR count). The summed E-state index contributed by atoms with van der Waals surface area (Å²) in [6, 6.07) is 8.66. The molecule has 0 bridgehead atoms. The summed E-state index contributed by atoms with van der Waals surface area (Å²) in [5.74, 6) is -1.44. The van der Waals surface area contributed by atoms with Crippen molar-refractivity contribution in [3.05, 3.63) is 52.8 Å². The van der Waals surface area contributed by atoms with Gasteiger partial charge >= 0.3 is 5.97 Å². The number of aromatic nitrogens is 1. The van der Waals surface area contributed by atoms with E-state index in [2.05, 4.69) is 4.98 Å². The standard InChI is InChI=1S/C14H7ClFNO3/c15-9-6-7(4-5-10(9)16)13-17-12-8(14(18)19)2-1-3-11(12)20-13/h1-6H,(H,18,19). The summed E-state index contributed by atoms with van der Waals surface area (Å²) in [6.45, 7) is 0. The highest BCUT2D eigenvalue weighted by atomic mass is 35.5. The lowest BCUT2D eigenvalue weighted by Crippen LogP contribution is -1.96. The highest BCUT2D eigenvalue weighted by Gasteiger charge is 2.15. The Hall–Kier alpha value is -2.40. The molecule has 0 amide bonds. The summed E-state index contributed by atoms with van der Waals surface area (Å²) >= 11 is 5.71. The number of carboxylic acids is 1. The van der Waals surface area contributed by atoms with Gasteiger partial charge in [0.1, 0.15) is 11.3 Å². The van der Waals surface area contributed by atoms with E-state index < -0.39 is 11.8 Å². The van der Waals surface area contributed by atoms with Gasteiger partial charge in [-0.3, -0.25) is 0 Å². The maximum atomic E-state index is 13.1. The molecule has 0 spiro atoms. The van der Waals surface area contributed by atoms with Crippen molar-refractivity contribution >= 4 is 28.7 Å². The van der Waals surface area contributed by atoms with Crippen LogP contribution in [0.15, 0.2) is 40.8 Å². The molecule has 0 atom stereocenters. The fourth-order valence-corrected chi connectivity index (χ4v) is 2.05. The predicted molar refractivity (Wildman–Crippen MR) is 71.4 cm³/mol. The van der Waals surface area contributed by atoms with Crippen LogP contribution in [0, 0.1) is 5.82 Å². The molecule has 0 unspecified atom stereocenters. The number of hydrogen-bond donors (Lipinski definition) is 1. The second-order valence-corrected chi connectivity index (χ2v) is 4.51. The Morgan fingerprint density at radius 3 is 2.80 bits per heavy atom. The normalized spacial score (nSPS) is 10.9. The third-order valence-corrected chi connectivity index (χ3v) is 3.11. The van der Waals surface area contributed by atoms with Gasteiger partial charge in [-0.1, -0.05) is 17.7 Å². The number of fused-ring (bicyclic) bond motifs is 1. The Bertz CT molecular complexity index is 828. The van der Waals surface area contributed by atoms with Gasteiger partial charge < -0.3 is 9.52 Å². The van der Waals surface area contributed by atoms with Gasteiger partial charge in [-0.15, -0.1) is 0 Å². The minimum absolute atomic E-state index is 0.0470. The molecule has 6 heteroatoms. The molecular formula is C14H7ClFNO3. The van der Waals surface area contributed by atoms with E-state index in [-0.39, 0.29) is 22.0 Å². The van der Waals surface area contributed by atoms with Gasteiger partial charge in [0.15, 0.2) is 5.58 Å². The molecular weight excluding hydrogens is 285 g/mol. The molecule has 20 heavy (non-hydrogen) atoms. The number of carbonyl (C=O) groups is 1. The van der Waals surface area contributed by atoms with E-state index in [1.807, 2.05) is 0 Å². The van der Waals surface area contributed by atoms with E-state index in [0.717, 1.165) is 0 Å². The number of halogens is 2. The average Bonchev–Trinajstić information content (AvgIpc) is 2.85. The highest BCUT2D eigenvalue weighted by Crippen LogP contribution is 2.28. The highest BCUT2D eigenvalue weighted by molar-refractivity contribution is 6.31. The van der Waals surface area contributed by atoms with E-state index in [9.17, 15) is 9.18 Å². The van der Waals surface area contributed by atoms with Crippen molar-refractivity contribution in [1.29, 1.82) is 0 Å². The van der Waals surface area contributed by atoms with Crippen LogP contribution >= 0.6 is 11.6 Å². The van der Waals surface area contributed by atoms with Gasteiger partial charge in [0, 0.05) is 5.56 Å². The molecule has 2 aromatic carbocycles. The molecule has 0 saturated carbocycles. The molecule has 0 aliphatic carbocycles. The fraction of sp³-hybridized carbons (Fsp3) is 0. The summed E-state index contributed by atoms with van der Waals surface area (Å²) in [7, 11) is 0. The van der Waals surface area contributed by atoms with Crippen LogP contribution in [0.4, 0.5) is 4.39 Å². The van der Waals surface area contributed by atoms with Crippen molar-refractivity contribution in [2.45, 2.75) is 0 Å². The maximum absolute atomic E-state index is 13.1. The number of benzene rings is 2. The SMILES string of the molecule is O=C(O)c1cccc2oc(-c3ccc(F)c(Cl)c3)nc12. The lowest BCUT2D eigenvalue weighted by molar-refractivity contribution is 0.0699. The van der Waals surface area contributed by atoms with Crippen molar-refractivity contribution in [3.8, 4) is 11.5 Å². The smallest absolute Gasteiger partial charge is 0.338 e. The molecule has 0 aliphatic heterocycles. The number of aromatic carboxylic acids is 1. The van der Waals surface area contributed by atoms with Crippen LogP contribution in [0.3, 0.4) is 0 Å². The van der Waals surface area contributed by atoms with Crippen molar-refractivity contribution < 1.29 is 18.7 Å². The van der Waals surface area contributed by atoms with E-state index in [4.69, 9.17) is 21.1 Å². The van der Waals surface area contributed by atoms with Crippen LogP contribution < -0.4 is 0 Å². The molecule has 0 fully saturated rings. The van der Waals surface area contributed by atoms with Crippen LogP contribution in [-0.2, 0) is 0 Å². The molecule has 0 aliphatic rings. The molecule has 3 aromatic rings. The molecule has 1 N–H and O–H groups in total. The first kappa shape index (κ1) is 12.6. The summed E-state index contributed by atoms with van der Waals surface area (Å²) in [5.41, 5.74) is 1.12. The molecule has 4 nitrogen and oxygen atoms in total. The van der Waals surface area contributed by atoms with Crippen LogP contribution in [-0.4, -0.2) is 16.1 Å². The molecule has 1 aromatic heterocycles. The van der Waals surface area contributed by atoms with E-state index in [1.165, 1.54) is 24.3 Å². The van der Waals surface area contributed by atoms with Crippen molar-refractivity contribution in [1.82, 2.24) is 4.98 Å². The van der Waals surface area contributed by atoms with E-state index >= 15 is 0 Å². The Morgan fingerprint density at radius 2 is 2.10 bits per heavy atom. The largest absolute Gasteiger partial charge is 0.478 e. The van der Waals surface area contributed by atoms with Crippen molar-refractivity contribution in [3.63, 3.8) is 0 Å². The summed E-state index contributed by atoms with van der Waals surface area (Å²) in [5, 5.41) is 9.04. The first-order valence-electron chi connectivity index (χ1n) is 5.64. The Kier molecular flexibility index (Phi) is 2.91. The lowest BCUT2D eigenvalue weighted by Gasteiger charge is -1.97. The molecule has 0 saturated heterocycles. The first-order chi connectivity index (χ1) is 9.56. The summed E-state index contributed by atoms with van der Waals surface area (Å²) in [6.07, 6.45) is 0. The van der Waals surface area contributed by atoms with Crippen LogP contribution in [0.2, 0.25) is 5.02 Å². The number of oxazole rings is 1. The van der Waals surface area contributed by atoms with E-state index in [1.54, 1.807) is 12.1 Å². The van der Waals surface area contributed by atoms with Crippen molar-refractivity contribution in [2.75, 3.05) is 0 Å². The Balaban J connectivity index is 2.20. The molecule has 0 radical (unpaired) electrons. The average molecular weight is 292 g/mol. The summed E-state index contributed by atoms with van der Waals surface area (Å²) < 4.78 is 18.6. The zero-order valence-electron chi connectivity index (χ0n) is 9.93. The minimum Gasteiger partial charge on any atom is -0.478 e. The number of carboxylic acid groups (broad SMARTS) is 1. The Morgan fingerprint density at radius 1 is 1.30 bits per heavy atom. The third kappa shape index (κ3) is 2.02. The van der Waals surface area contributed by atoms with Gasteiger partial charge in [-0.05, 0) is 30.3 Å². The van der Waals surface area contributed by atoms with Gasteiger partial charge in [-0.25, -0.2) is 14.2 Å². The zero-order valence-corrected chi connectivity index (χ0v) is 10.7. The minimum atomic E-state index is -1.09. The quantitative estimate of drug-likeness (QED) is 0.775. The van der Waals surface area contributed by atoms with E-state index in [0.29, 0.717) is 11.1 Å². The first-order valence-corrected chi connectivity index (χ1v) is 6.02. The predicted octanol–water partition coefficient (Wildman–Crippen LogP) is 3.99. The third-order valence-electron chi connectivity index (χ3n) is 2.82. The van der Waals surface area contributed by atoms with Crippen molar-refractivity contribution in [2.24, 2.45) is 0 Å². The number of rotatable bonds is 2. The maximum Gasteiger partial charge on any atom is 0.338 e. The van der Waals surface area contributed by atoms with Gasteiger partial charge in [-0.2, -0.15) is 0 Å². The van der Waals surface area contributed by atoms with Gasteiger partial charge in [0.25, 0.3) is 0 Å².